The molecule has 0 radical (unpaired) electrons. The SMILES string of the molecule is CCCCC/C=C\C/C=C\CCCCCCCCOCC(COC(=O)CCCCCCCCCCCCCCC)OCCCCCCCC/C=C\C/C=C\CCCCC. The van der Waals surface area contributed by atoms with E-state index in [0.29, 0.717) is 26.2 Å². The van der Waals surface area contributed by atoms with Crippen LogP contribution in [0.25, 0.3) is 0 Å². The van der Waals surface area contributed by atoms with Gasteiger partial charge in [-0.15, -0.1) is 0 Å². The molecule has 0 fully saturated rings. The van der Waals surface area contributed by atoms with Crippen LogP contribution in [0.5, 0.6) is 0 Å². The smallest absolute Gasteiger partial charge is 0.305 e. The molecule has 1 atom stereocenters. The van der Waals surface area contributed by atoms with Crippen molar-refractivity contribution in [1.29, 1.82) is 0 Å². The first-order valence-electron chi connectivity index (χ1n) is 26.2. The van der Waals surface area contributed by atoms with Crippen molar-refractivity contribution in [3.05, 3.63) is 48.6 Å². The molecule has 0 bridgehead atoms. The molecule has 0 aromatic heterocycles. The molecule has 346 valence electrons. The minimum Gasteiger partial charge on any atom is -0.463 e. The van der Waals surface area contributed by atoms with E-state index in [1.165, 1.54) is 199 Å². The van der Waals surface area contributed by atoms with Gasteiger partial charge >= 0.3 is 5.97 Å². The fourth-order valence-electron chi connectivity index (χ4n) is 7.44. The van der Waals surface area contributed by atoms with Gasteiger partial charge in [-0.05, 0) is 83.5 Å². The standard InChI is InChI=1S/C55H102O4/c1-4-7-10-13-16-19-22-25-27-29-32-35-38-41-44-47-50-57-52-54(53-59-55(56)49-46-43-40-37-34-31-24-21-18-15-12-9-6-3)58-51-48-45-42-39-36-33-30-28-26-23-20-17-14-11-8-5-2/h16-17,19-20,25-28,54H,4-15,18,21-24,29-53H2,1-3H3/b19-16-,20-17-,27-25-,28-26-. The lowest BCUT2D eigenvalue weighted by Crippen LogP contribution is -2.28. The fourth-order valence-corrected chi connectivity index (χ4v) is 7.44. The molecule has 0 spiro atoms. The second-order valence-electron chi connectivity index (χ2n) is 17.4. The molecule has 0 heterocycles. The number of rotatable bonds is 49. The molecule has 4 nitrogen and oxygen atoms in total. The second-order valence-corrected chi connectivity index (χ2v) is 17.4. The van der Waals surface area contributed by atoms with E-state index in [1.807, 2.05) is 0 Å². The molecule has 1 unspecified atom stereocenters. The van der Waals surface area contributed by atoms with E-state index < -0.39 is 0 Å². The highest BCUT2D eigenvalue weighted by atomic mass is 16.6. The highest BCUT2D eigenvalue weighted by molar-refractivity contribution is 5.69. The zero-order chi connectivity index (χ0) is 42.6. The lowest BCUT2D eigenvalue weighted by atomic mass is 10.0. The minimum atomic E-state index is -0.173. The van der Waals surface area contributed by atoms with Gasteiger partial charge in [0, 0.05) is 19.6 Å². The Morgan fingerprint density at radius 3 is 1.15 bits per heavy atom. The zero-order valence-corrected chi connectivity index (χ0v) is 40.0. The van der Waals surface area contributed by atoms with Gasteiger partial charge in [0.15, 0.2) is 0 Å². The number of carbonyl (C=O) groups excluding carboxylic acids is 1. The van der Waals surface area contributed by atoms with E-state index >= 15 is 0 Å². The Balaban J connectivity index is 4.17. The van der Waals surface area contributed by atoms with E-state index in [0.717, 1.165) is 45.1 Å². The maximum Gasteiger partial charge on any atom is 0.305 e. The maximum atomic E-state index is 12.6. The van der Waals surface area contributed by atoms with E-state index in [-0.39, 0.29) is 12.1 Å². The van der Waals surface area contributed by atoms with Crippen molar-refractivity contribution in [2.75, 3.05) is 26.4 Å². The molecule has 0 aliphatic heterocycles. The molecule has 0 aliphatic rings. The predicted octanol–water partition coefficient (Wildman–Crippen LogP) is 18.0. The van der Waals surface area contributed by atoms with Crippen molar-refractivity contribution in [1.82, 2.24) is 0 Å². The van der Waals surface area contributed by atoms with E-state index in [9.17, 15) is 4.79 Å². The molecule has 0 aromatic rings. The summed E-state index contributed by atoms with van der Waals surface area (Å²) in [6.45, 7) is 9.09. The van der Waals surface area contributed by atoms with Crippen LogP contribution in [0.2, 0.25) is 0 Å². The first-order valence-corrected chi connectivity index (χ1v) is 26.2. The summed E-state index contributed by atoms with van der Waals surface area (Å²) in [5.74, 6) is -0.0828. The molecule has 0 rings (SSSR count). The van der Waals surface area contributed by atoms with Gasteiger partial charge in [0.25, 0.3) is 0 Å². The average molecular weight is 827 g/mol. The predicted molar refractivity (Wildman–Crippen MR) is 261 cm³/mol. The highest BCUT2D eigenvalue weighted by Crippen LogP contribution is 2.14. The summed E-state index contributed by atoms with van der Waals surface area (Å²) in [7, 11) is 0. The molecule has 59 heavy (non-hydrogen) atoms. The van der Waals surface area contributed by atoms with Crippen LogP contribution in [-0.4, -0.2) is 38.5 Å². The van der Waals surface area contributed by atoms with Crippen LogP contribution in [-0.2, 0) is 19.0 Å². The second kappa shape index (κ2) is 52.5. The third-order valence-corrected chi connectivity index (χ3v) is 11.4. The summed E-state index contributed by atoms with van der Waals surface area (Å²) in [4.78, 5) is 12.6. The Hall–Kier alpha value is -1.65. The van der Waals surface area contributed by atoms with Crippen molar-refractivity contribution >= 4 is 5.97 Å². The Labute approximate surface area is 369 Å². The highest BCUT2D eigenvalue weighted by Gasteiger charge is 2.13. The third-order valence-electron chi connectivity index (χ3n) is 11.4. The lowest BCUT2D eigenvalue weighted by molar-refractivity contribution is -0.150. The summed E-state index contributed by atoms with van der Waals surface area (Å²) in [6.07, 6.45) is 65.9. The summed E-state index contributed by atoms with van der Waals surface area (Å²) < 4.78 is 18.0. The first-order chi connectivity index (χ1) is 29.2. The van der Waals surface area contributed by atoms with Crippen molar-refractivity contribution in [3.8, 4) is 0 Å². The van der Waals surface area contributed by atoms with Gasteiger partial charge in [-0.1, -0.05) is 223 Å². The van der Waals surface area contributed by atoms with Gasteiger partial charge in [0.2, 0.25) is 0 Å². The van der Waals surface area contributed by atoms with Gasteiger partial charge in [-0.3, -0.25) is 4.79 Å². The molecular formula is C55H102O4. The van der Waals surface area contributed by atoms with Crippen LogP contribution in [0, 0.1) is 0 Å². The van der Waals surface area contributed by atoms with Crippen molar-refractivity contribution < 1.29 is 19.0 Å². The zero-order valence-electron chi connectivity index (χ0n) is 40.0. The van der Waals surface area contributed by atoms with E-state index in [2.05, 4.69) is 69.4 Å². The quantitative estimate of drug-likeness (QED) is 0.0348. The monoisotopic (exact) mass is 827 g/mol. The van der Waals surface area contributed by atoms with Gasteiger partial charge < -0.3 is 14.2 Å². The summed E-state index contributed by atoms with van der Waals surface area (Å²) in [6, 6.07) is 0. The number of carbonyl (C=O) groups is 1. The van der Waals surface area contributed by atoms with Gasteiger partial charge in [-0.2, -0.15) is 0 Å². The number of ether oxygens (including phenoxy) is 3. The van der Waals surface area contributed by atoms with Crippen LogP contribution in [0.1, 0.15) is 265 Å². The maximum absolute atomic E-state index is 12.6. The fraction of sp³-hybridized carbons (Fsp3) is 0.836. The van der Waals surface area contributed by atoms with Crippen molar-refractivity contribution in [2.45, 2.75) is 271 Å². The Morgan fingerprint density at radius 1 is 0.373 bits per heavy atom. The summed E-state index contributed by atoms with van der Waals surface area (Å²) in [5.41, 5.74) is 0. The van der Waals surface area contributed by atoms with E-state index in [4.69, 9.17) is 14.2 Å². The van der Waals surface area contributed by atoms with Crippen LogP contribution in [0.3, 0.4) is 0 Å². The van der Waals surface area contributed by atoms with Gasteiger partial charge in [0.05, 0.1) is 6.61 Å². The summed E-state index contributed by atoms with van der Waals surface area (Å²) in [5, 5.41) is 0. The van der Waals surface area contributed by atoms with E-state index in [1.54, 1.807) is 0 Å². The number of hydrogen-bond acceptors (Lipinski definition) is 4. The number of unbranched alkanes of at least 4 members (excludes halogenated alkanes) is 30. The lowest BCUT2D eigenvalue weighted by Gasteiger charge is -2.18. The van der Waals surface area contributed by atoms with Crippen LogP contribution in [0.15, 0.2) is 48.6 Å². The Kier molecular flexibility index (Phi) is 51.0. The Bertz CT molecular complexity index is 920. The molecule has 0 saturated heterocycles. The third kappa shape index (κ3) is 50.6. The topological polar surface area (TPSA) is 44.8 Å². The molecule has 0 aromatic carbocycles. The molecule has 4 heteroatoms. The minimum absolute atomic E-state index is 0.0828. The van der Waals surface area contributed by atoms with Gasteiger partial charge in [0.1, 0.15) is 12.7 Å². The van der Waals surface area contributed by atoms with Crippen molar-refractivity contribution in [3.63, 3.8) is 0 Å². The number of esters is 1. The van der Waals surface area contributed by atoms with Crippen LogP contribution in [0.4, 0.5) is 0 Å². The van der Waals surface area contributed by atoms with Crippen molar-refractivity contribution in [2.24, 2.45) is 0 Å². The van der Waals surface area contributed by atoms with Crippen LogP contribution >= 0.6 is 0 Å². The first kappa shape index (κ1) is 57.3. The van der Waals surface area contributed by atoms with Crippen LogP contribution < -0.4 is 0 Å². The largest absolute Gasteiger partial charge is 0.463 e. The van der Waals surface area contributed by atoms with Gasteiger partial charge in [-0.25, -0.2) is 0 Å². The average Bonchev–Trinajstić information content (AvgIpc) is 3.24. The molecule has 0 N–H and O–H groups in total. The summed E-state index contributed by atoms with van der Waals surface area (Å²) >= 11 is 0. The molecule has 0 amide bonds. The molecular weight excluding hydrogens is 725 g/mol. The molecule has 0 saturated carbocycles. The number of hydrogen-bond donors (Lipinski definition) is 0. The molecule has 0 aliphatic carbocycles. The normalized spacial score (nSPS) is 12.7. The number of allylic oxidation sites excluding steroid dienone is 8. The Morgan fingerprint density at radius 2 is 0.712 bits per heavy atom.